The Morgan fingerprint density at radius 3 is 2.96 bits per heavy atom. The van der Waals surface area contributed by atoms with Gasteiger partial charge < -0.3 is 5.32 Å². The molecular weight excluding hydrogens is 320 g/mol. The van der Waals surface area contributed by atoms with Gasteiger partial charge in [-0.05, 0) is 43.0 Å². The molecular formula is C18H24N4OS. The Labute approximate surface area is 147 Å². The van der Waals surface area contributed by atoms with E-state index in [4.69, 9.17) is 0 Å². The third-order valence-electron chi connectivity index (χ3n) is 4.52. The number of amides is 1. The smallest absolute Gasteiger partial charge is 0.220 e. The first kappa shape index (κ1) is 17.0. The molecule has 1 saturated heterocycles. The number of thiazole rings is 1. The minimum atomic E-state index is 0.0256. The maximum absolute atomic E-state index is 12.0. The zero-order valence-electron chi connectivity index (χ0n) is 14.0. The van der Waals surface area contributed by atoms with E-state index < -0.39 is 0 Å². The number of rotatable bonds is 6. The Bertz CT molecular complexity index is 632. The molecule has 2 unspecified atom stereocenters. The van der Waals surface area contributed by atoms with E-state index in [9.17, 15) is 4.79 Å². The van der Waals surface area contributed by atoms with Crippen LogP contribution >= 0.6 is 11.3 Å². The average molecular weight is 344 g/mol. The molecule has 0 saturated carbocycles. The Kier molecular flexibility index (Phi) is 5.93. The summed E-state index contributed by atoms with van der Waals surface area (Å²) in [5, 5.41) is 6.20. The highest BCUT2D eigenvalue weighted by Crippen LogP contribution is 2.31. The molecule has 1 amide bonds. The van der Waals surface area contributed by atoms with Gasteiger partial charge in [-0.25, -0.2) is 4.98 Å². The number of carbonyl (C=O) groups excluding carboxylic acids is 1. The fourth-order valence-corrected chi connectivity index (χ4v) is 4.08. The normalized spacial score (nSPS) is 19.8. The number of hydrogen-bond donors (Lipinski definition) is 1. The standard InChI is InChI=1S/C18H24N4OS/c1-2-16(23)21-17(18-20-9-11-24-18)15-4-3-10-22(13-15)12-14-5-7-19-8-6-14/h5-9,11,15,17H,2-4,10,12-13H2,1H3,(H,21,23). The van der Waals surface area contributed by atoms with Gasteiger partial charge >= 0.3 is 0 Å². The highest BCUT2D eigenvalue weighted by Gasteiger charge is 2.30. The first-order chi connectivity index (χ1) is 11.8. The van der Waals surface area contributed by atoms with Gasteiger partial charge in [0.05, 0.1) is 6.04 Å². The third kappa shape index (κ3) is 4.39. The number of likely N-dealkylation sites (tertiary alicyclic amines) is 1. The van der Waals surface area contributed by atoms with Gasteiger partial charge in [0.1, 0.15) is 5.01 Å². The number of nitrogens with zero attached hydrogens (tertiary/aromatic N) is 3. The van der Waals surface area contributed by atoms with E-state index in [-0.39, 0.29) is 11.9 Å². The zero-order chi connectivity index (χ0) is 16.8. The lowest BCUT2D eigenvalue weighted by Crippen LogP contribution is -2.42. The molecule has 2 aromatic heterocycles. The Morgan fingerprint density at radius 1 is 1.42 bits per heavy atom. The van der Waals surface area contributed by atoms with Crippen LogP contribution in [0.3, 0.4) is 0 Å². The molecule has 1 aliphatic rings. The van der Waals surface area contributed by atoms with Crippen LogP contribution in [0.1, 0.15) is 42.8 Å². The van der Waals surface area contributed by atoms with Crippen molar-refractivity contribution in [2.75, 3.05) is 13.1 Å². The largest absolute Gasteiger partial charge is 0.347 e. The lowest BCUT2D eigenvalue weighted by Gasteiger charge is -2.36. The van der Waals surface area contributed by atoms with Gasteiger partial charge in [-0.3, -0.25) is 14.7 Å². The molecule has 0 spiro atoms. The van der Waals surface area contributed by atoms with Crippen LogP contribution in [0.15, 0.2) is 36.1 Å². The van der Waals surface area contributed by atoms with E-state index in [1.165, 1.54) is 5.56 Å². The molecule has 1 N–H and O–H groups in total. The molecule has 3 rings (SSSR count). The summed E-state index contributed by atoms with van der Waals surface area (Å²) in [7, 11) is 0. The molecule has 0 aromatic carbocycles. The summed E-state index contributed by atoms with van der Waals surface area (Å²) >= 11 is 1.63. The summed E-state index contributed by atoms with van der Waals surface area (Å²) in [6.07, 6.45) is 8.30. The van der Waals surface area contributed by atoms with E-state index in [1.807, 2.05) is 30.9 Å². The van der Waals surface area contributed by atoms with E-state index >= 15 is 0 Å². The van der Waals surface area contributed by atoms with Crippen molar-refractivity contribution in [3.8, 4) is 0 Å². The molecule has 0 bridgehead atoms. The monoisotopic (exact) mass is 344 g/mol. The Balaban J connectivity index is 1.69. The van der Waals surface area contributed by atoms with E-state index in [0.717, 1.165) is 37.5 Å². The van der Waals surface area contributed by atoms with Crippen LogP contribution < -0.4 is 5.32 Å². The summed E-state index contributed by atoms with van der Waals surface area (Å²) in [5.41, 5.74) is 1.29. The number of aromatic nitrogens is 2. The maximum Gasteiger partial charge on any atom is 0.220 e. The number of hydrogen-bond acceptors (Lipinski definition) is 5. The number of nitrogens with one attached hydrogen (secondary N) is 1. The van der Waals surface area contributed by atoms with Crippen molar-refractivity contribution in [1.82, 2.24) is 20.2 Å². The quantitative estimate of drug-likeness (QED) is 0.875. The van der Waals surface area contributed by atoms with E-state index in [0.29, 0.717) is 12.3 Å². The van der Waals surface area contributed by atoms with Crippen molar-refractivity contribution in [3.63, 3.8) is 0 Å². The van der Waals surface area contributed by atoms with Crippen molar-refractivity contribution < 1.29 is 4.79 Å². The molecule has 2 aromatic rings. The first-order valence-electron chi connectivity index (χ1n) is 8.56. The number of pyridine rings is 1. The highest BCUT2D eigenvalue weighted by atomic mass is 32.1. The molecule has 0 radical (unpaired) electrons. The molecule has 1 aliphatic heterocycles. The SMILES string of the molecule is CCC(=O)NC(c1nccs1)C1CCCN(Cc2ccncc2)C1. The first-order valence-corrected chi connectivity index (χ1v) is 9.44. The second-order valence-corrected chi connectivity index (χ2v) is 7.19. The molecule has 1 fully saturated rings. The van der Waals surface area contributed by atoms with E-state index in [2.05, 4.69) is 32.3 Å². The second-order valence-electron chi connectivity index (χ2n) is 6.26. The van der Waals surface area contributed by atoms with Gasteiger partial charge in [-0.2, -0.15) is 0 Å². The predicted molar refractivity (Wildman–Crippen MR) is 95.5 cm³/mol. The van der Waals surface area contributed by atoms with Crippen LogP contribution in [0.5, 0.6) is 0 Å². The third-order valence-corrected chi connectivity index (χ3v) is 5.38. The summed E-state index contributed by atoms with van der Waals surface area (Å²) < 4.78 is 0. The lowest BCUT2D eigenvalue weighted by atomic mass is 9.90. The maximum atomic E-state index is 12.0. The van der Waals surface area contributed by atoms with Gasteiger partial charge in [0, 0.05) is 43.5 Å². The fourth-order valence-electron chi connectivity index (χ4n) is 3.30. The highest BCUT2D eigenvalue weighted by molar-refractivity contribution is 7.09. The second kappa shape index (κ2) is 8.35. The van der Waals surface area contributed by atoms with Crippen molar-refractivity contribution in [1.29, 1.82) is 0 Å². The van der Waals surface area contributed by atoms with Gasteiger partial charge in [0.15, 0.2) is 0 Å². The van der Waals surface area contributed by atoms with Crippen LogP contribution in [-0.2, 0) is 11.3 Å². The minimum absolute atomic E-state index is 0.0256. The molecule has 5 nitrogen and oxygen atoms in total. The van der Waals surface area contributed by atoms with Crippen LogP contribution in [0.2, 0.25) is 0 Å². The van der Waals surface area contributed by atoms with Gasteiger partial charge in [-0.15, -0.1) is 11.3 Å². The minimum Gasteiger partial charge on any atom is -0.347 e. The fraction of sp³-hybridized carbons (Fsp3) is 0.500. The van der Waals surface area contributed by atoms with Gasteiger partial charge in [0.2, 0.25) is 5.91 Å². The topological polar surface area (TPSA) is 58.1 Å². The van der Waals surface area contributed by atoms with Crippen LogP contribution in [0.25, 0.3) is 0 Å². The Hall–Kier alpha value is -1.79. The molecule has 3 heterocycles. The summed E-state index contributed by atoms with van der Waals surface area (Å²) in [6.45, 7) is 4.91. The summed E-state index contributed by atoms with van der Waals surface area (Å²) in [6, 6.07) is 4.17. The van der Waals surface area contributed by atoms with Crippen molar-refractivity contribution in [2.24, 2.45) is 5.92 Å². The number of piperidine rings is 1. The van der Waals surface area contributed by atoms with Crippen molar-refractivity contribution in [3.05, 3.63) is 46.7 Å². The molecule has 24 heavy (non-hydrogen) atoms. The van der Waals surface area contributed by atoms with Gasteiger partial charge in [-0.1, -0.05) is 6.92 Å². The van der Waals surface area contributed by atoms with Crippen LogP contribution in [-0.4, -0.2) is 33.9 Å². The van der Waals surface area contributed by atoms with Crippen molar-refractivity contribution in [2.45, 2.75) is 38.8 Å². The average Bonchev–Trinajstić information content (AvgIpc) is 3.15. The number of carbonyl (C=O) groups is 1. The van der Waals surface area contributed by atoms with Crippen molar-refractivity contribution >= 4 is 17.2 Å². The molecule has 2 atom stereocenters. The van der Waals surface area contributed by atoms with Crippen LogP contribution in [0.4, 0.5) is 0 Å². The summed E-state index contributed by atoms with van der Waals surface area (Å²) in [4.78, 5) is 23.0. The molecule has 128 valence electrons. The Morgan fingerprint density at radius 2 is 2.25 bits per heavy atom. The lowest BCUT2D eigenvalue weighted by molar-refractivity contribution is -0.122. The summed E-state index contributed by atoms with van der Waals surface area (Å²) in [5.74, 6) is 0.503. The predicted octanol–water partition coefficient (Wildman–Crippen LogP) is 3.02. The molecule has 0 aliphatic carbocycles. The van der Waals surface area contributed by atoms with Crippen LogP contribution in [0, 0.1) is 5.92 Å². The van der Waals surface area contributed by atoms with Gasteiger partial charge in [0.25, 0.3) is 0 Å². The van der Waals surface area contributed by atoms with E-state index in [1.54, 1.807) is 11.3 Å². The molecule has 6 heteroatoms. The zero-order valence-corrected chi connectivity index (χ0v) is 14.8.